The number of carboxylic acid groups (broad SMARTS) is 1. The molecule has 0 aromatic rings. The maximum absolute atomic E-state index is 11.2. The van der Waals surface area contributed by atoms with Gasteiger partial charge in [-0.1, -0.05) is 48.7 Å². The van der Waals surface area contributed by atoms with Gasteiger partial charge in [-0.3, -0.25) is 0 Å². The summed E-state index contributed by atoms with van der Waals surface area (Å²) >= 11 is 17.2. The highest BCUT2D eigenvalue weighted by Crippen LogP contribution is 2.63. The fraction of sp³-hybridized carbons (Fsp3) is 0.833. The van der Waals surface area contributed by atoms with Crippen molar-refractivity contribution in [1.82, 2.24) is 0 Å². The molecule has 0 spiro atoms. The number of alkyl halides is 3. The zero-order valence-corrected chi connectivity index (χ0v) is 13.2. The van der Waals surface area contributed by atoms with Crippen molar-refractivity contribution in [3.05, 3.63) is 0 Å². The number of Topliss-reactive ketones (excluding diaryl/α,β-unsaturated/α-hetero) is 1. The smallest absolute Gasteiger partial charge is 0.450 e. The Morgan fingerprint density at radius 1 is 1.32 bits per heavy atom. The second-order valence-corrected chi connectivity index (χ2v) is 7.96. The molecule has 0 saturated heterocycles. The van der Waals surface area contributed by atoms with E-state index in [1.807, 2.05) is 13.8 Å². The largest absolute Gasteiger partial charge is 0.506 e. The van der Waals surface area contributed by atoms with E-state index in [0.29, 0.717) is 12.8 Å². The molecule has 1 aliphatic carbocycles. The molecule has 3 atom stereocenters. The standard InChI is InChI=1S/C12H17Cl3O4/c1-6(16)4-7-8(11(7,2)3)5-9(12(13,14)15)19-10(17)18/h7-9H,4-5H2,1-3H3,(H,17,18). The third-order valence-electron chi connectivity index (χ3n) is 3.87. The molecule has 1 N–H and O–H groups in total. The predicted molar refractivity (Wildman–Crippen MR) is 73.9 cm³/mol. The molecule has 7 heteroatoms. The van der Waals surface area contributed by atoms with Crippen molar-refractivity contribution in [1.29, 1.82) is 0 Å². The van der Waals surface area contributed by atoms with E-state index in [4.69, 9.17) is 39.9 Å². The van der Waals surface area contributed by atoms with Crippen LogP contribution in [0.25, 0.3) is 0 Å². The summed E-state index contributed by atoms with van der Waals surface area (Å²) in [4.78, 5) is 21.8. The highest BCUT2D eigenvalue weighted by molar-refractivity contribution is 6.68. The van der Waals surface area contributed by atoms with Crippen LogP contribution in [-0.4, -0.2) is 26.9 Å². The van der Waals surface area contributed by atoms with Gasteiger partial charge in [-0.2, -0.15) is 0 Å². The summed E-state index contributed by atoms with van der Waals surface area (Å²) in [6.45, 7) is 5.56. The van der Waals surface area contributed by atoms with Crippen molar-refractivity contribution in [2.45, 2.75) is 43.5 Å². The summed E-state index contributed by atoms with van der Waals surface area (Å²) in [5, 5.41) is 8.67. The van der Waals surface area contributed by atoms with Gasteiger partial charge in [0.15, 0.2) is 6.10 Å². The minimum atomic E-state index is -1.81. The van der Waals surface area contributed by atoms with Crippen molar-refractivity contribution in [2.24, 2.45) is 17.3 Å². The Morgan fingerprint density at radius 3 is 2.21 bits per heavy atom. The first-order valence-electron chi connectivity index (χ1n) is 5.92. The average molecular weight is 332 g/mol. The summed E-state index contributed by atoms with van der Waals surface area (Å²) in [7, 11) is 0. The lowest BCUT2D eigenvalue weighted by Crippen LogP contribution is -2.31. The maximum atomic E-state index is 11.2. The molecule has 1 fully saturated rings. The van der Waals surface area contributed by atoms with Gasteiger partial charge in [0.2, 0.25) is 3.79 Å². The molecular formula is C12H17Cl3O4. The Hall–Kier alpha value is -0.190. The Bertz CT molecular complexity index is 376. The van der Waals surface area contributed by atoms with E-state index in [1.165, 1.54) is 6.92 Å². The normalized spacial score (nSPS) is 26.6. The second kappa shape index (κ2) is 5.66. The summed E-state index contributed by atoms with van der Waals surface area (Å²) in [5.41, 5.74) is -0.0678. The van der Waals surface area contributed by atoms with E-state index in [9.17, 15) is 9.59 Å². The summed E-state index contributed by atoms with van der Waals surface area (Å²) in [6, 6.07) is 0. The summed E-state index contributed by atoms with van der Waals surface area (Å²) in [5.74, 6) is 0.388. The van der Waals surface area contributed by atoms with Crippen LogP contribution in [0.5, 0.6) is 0 Å². The molecule has 1 saturated carbocycles. The van der Waals surface area contributed by atoms with Crippen LogP contribution in [0.2, 0.25) is 0 Å². The predicted octanol–water partition coefficient (Wildman–Crippen LogP) is 4.06. The zero-order chi connectivity index (χ0) is 15.0. The zero-order valence-electron chi connectivity index (χ0n) is 11.0. The average Bonchev–Trinajstić information content (AvgIpc) is 2.65. The molecule has 0 aromatic heterocycles. The van der Waals surface area contributed by atoms with Crippen LogP contribution >= 0.6 is 34.8 Å². The minimum Gasteiger partial charge on any atom is -0.450 e. The lowest BCUT2D eigenvalue weighted by atomic mass is 10.0. The molecule has 0 amide bonds. The van der Waals surface area contributed by atoms with Gasteiger partial charge in [-0.25, -0.2) is 4.79 Å². The van der Waals surface area contributed by atoms with E-state index in [-0.39, 0.29) is 23.0 Å². The third kappa shape index (κ3) is 4.40. The van der Waals surface area contributed by atoms with E-state index < -0.39 is 16.1 Å². The molecule has 0 aromatic carbocycles. The summed E-state index contributed by atoms with van der Waals surface area (Å²) < 4.78 is 2.84. The Morgan fingerprint density at radius 2 is 1.84 bits per heavy atom. The van der Waals surface area contributed by atoms with Gasteiger partial charge in [0, 0.05) is 6.42 Å². The van der Waals surface area contributed by atoms with Gasteiger partial charge in [0.25, 0.3) is 0 Å². The highest BCUT2D eigenvalue weighted by Gasteiger charge is 2.59. The minimum absolute atomic E-state index is 0.0678. The van der Waals surface area contributed by atoms with Crippen molar-refractivity contribution in [3.8, 4) is 0 Å². The molecule has 110 valence electrons. The second-order valence-electron chi connectivity index (χ2n) is 5.59. The van der Waals surface area contributed by atoms with Crippen LogP contribution in [0.15, 0.2) is 0 Å². The number of carbonyl (C=O) groups is 2. The van der Waals surface area contributed by atoms with Crippen molar-refractivity contribution in [3.63, 3.8) is 0 Å². The number of halogens is 3. The first-order valence-corrected chi connectivity index (χ1v) is 7.05. The molecule has 3 unspecified atom stereocenters. The quantitative estimate of drug-likeness (QED) is 0.609. The number of hydrogen-bond donors (Lipinski definition) is 1. The van der Waals surface area contributed by atoms with Crippen molar-refractivity contribution in [2.75, 3.05) is 0 Å². The number of carbonyl (C=O) groups excluding carboxylic acids is 1. The number of rotatable bonds is 5. The Kier molecular flexibility index (Phi) is 5.03. The first-order chi connectivity index (χ1) is 8.46. The van der Waals surface area contributed by atoms with Crippen LogP contribution in [0.1, 0.15) is 33.6 Å². The molecule has 0 radical (unpaired) electrons. The molecule has 1 rings (SSSR count). The monoisotopic (exact) mass is 330 g/mol. The maximum Gasteiger partial charge on any atom is 0.506 e. The van der Waals surface area contributed by atoms with Crippen molar-refractivity contribution >= 4 is 46.7 Å². The molecule has 19 heavy (non-hydrogen) atoms. The van der Waals surface area contributed by atoms with E-state index in [2.05, 4.69) is 4.74 Å². The number of ketones is 1. The van der Waals surface area contributed by atoms with E-state index >= 15 is 0 Å². The van der Waals surface area contributed by atoms with E-state index in [0.717, 1.165) is 0 Å². The van der Waals surface area contributed by atoms with Crippen LogP contribution in [0.4, 0.5) is 4.79 Å². The number of ether oxygens (including phenoxy) is 1. The fourth-order valence-corrected chi connectivity index (χ4v) is 3.04. The number of hydrogen-bond acceptors (Lipinski definition) is 3. The lowest BCUT2D eigenvalue weighted by molar-refractivity contribution is -0.117. The van der Waals surface area contributed by atoms with Gasteiger partial charge < -0.3 is 14.6 Å². The van der Waals surface area contributed by atoms with Crippen LogP contribution in [0.3, 0.4) is 0 Å². The van der Waals surface area contributed by atoms with Gasteiger partial charge in [0.1, 0.15) is 5.78 Å². The Balaban J connectivity index is 2.70. The topological polar surface area (TPSA) is 63.6 Å². The van der Waals surface area contributed by atoms with Gasteiger partial charge in [-0.05, 0) is 30.6 Å². The Labute approximate surface area is 127 Å². The van der Waals surface area contributed by atoms with Crippen LogP contribution in [-0.2, 0) is 9.53 Å². The van der Waals surface area contributed by atoms with Crippen LogP contribution in [0, 0.1) is 17.3 Å². The summed E-state index contributed by atoms with van der Waals surface area (Å²) in [6.07, 6.45) is -1.75. The SMILES string of the molecule is CC(=O)CC1C(CC(OC(=O)O)C(Cl)(Cl)Cl)C1(C)C. The van der Waals surface area contributed by atoms with Crippen molar-refractivity contribution < 1.29 is 19.4 Å². The molecular weight excluding hydrogens is 314 g/mol. The molecule has 0 heterocycles. The van der Waals surface area contributed by atoms with Gasteiger partial charge in [0.05, 0.1) is 0 Å². The molecule has 4 nitrogen and oxygen atoms in total. The third-order valence-corrected chi connectivity index (χ3v) is 4.60. The molecule has 0 bridgehead atoms. The van der Waals surface area contributed by atoms with Gasteiger partial charge in [-0.15, -0.1) is 0 Å². The molecule has 1 aliphatic rings. The highest BCUT2D eigenvalue weighted by atomic mass is 35.6. The molecule has 0 aliphatic heterocycles. The van der Waals surface area contributed by atoms with Crippen LogP contribution < -0.4 is 0 Å². The van der Waals surface area contributed by atoms with E-state index in [1.54, 1.807) is 0 Å². The fourth-order valence-electron chi connectivity index (χ4n) is 2.64. The lowest BCUT2D eigenvalue weighted by Gasteiger charge is -2.23. The van der Waals surface area contributed by atoms with Gasteiger partial charge >= 0.3 is 6.16 Å². The first kappa shape index (κ1) is 16.9.